The fraction of sp³-hybridized carbons (Fsp3) is 0.0714. The topological polar surface area (TPSA) is 17.1 Å². The van der Waals surface area contributed by atoms with E-state index in [1.54, 1.807) is 0 Å². The molecule has 0 saturated heterocycles. The van der Waals surface area contributed by atoms with Crippen LogP contribution < -0.4 is 0 Å². The summed E-state index contributed by atoms with van der Waals surface area (Å²) in [7, 11) is 0. The highest BCUT2D eigenvalue weighted by Crippen LogP contribution is 2.33. The van der Waals surface area contributed by atoms with Gasteiger partial charge in [0.15, 0.2) is 5.78 Å². The van der Waals surface area contributed by atoms with Gasteiger partial charge in [0.25, 0.3) is 0 Å². The number of carbonyl (C=O) groups is 1. The number of hydrogen-bond donors (Lipinski definition) is 0. The van der Waals surface area contributed by atoms with Gasteiger partial charge in [0.1, 0.15) is 11.6 Å². The predicted octanol–water partition coefficient (Wildman–Crippen LogP) is 4.21. The molecule has 2 aromatic carbocycles. The minimum Gasteiger partial charge on any atom is -0.289 e. The van der Waals surface area contributed by atoms with Crippen LogP contribution in [0.2, 0.25) is 0 Å². The van der Waals surface area contributed by atoms with E-state index in [-0.39, 0.29) is 5.56 Å². The van der Waals surface area contributed by atoms with E-state index in [0.29, 0.717) is 18.2 Å². The number of carbonyl (C=O) groups excluding carboxylic acids is 1. The molecule has 0 spiro atoms. The highest BCUT2D eigenvalue weighted by atomic mass is 19.4. The summed E-state index contributed by atoms with van der Waals surface area (Å²) < 4.78 is 64.5. The van der Waals surface area contributed by atoms with E-state index in [1.165, 1.54) is 6.07 Å². The van der Waals surface area contributed by atoms with Crippen LogP contribution in [0.1, 0.15) is 21.5 Å². The van der Waals surface area contributed by atoms with Crippen LogP contribution in [0.5, 0.6) is 0 Å². The maximum Gasteiger partial charge on any atom is 0.417 e. The van der Waals surface area contributed by atoms with Crippen molar-refractivity contribution in [1.82, 2.24) is 0 Å². The standard InChI is InChI=1S/C14H7F5O/c15-9-3-1-2-8(6-9)13(20)11-7-10(16)4-5-12(11)14(17,18)19/h1-7H. The Labute approximate surface area is 110 Å². The molecule has 104 valence electrons. The van der Waals surface area contributed by atoms with Crippen LogP contribution in [0.15, 0.2) is 42.5 Å². The van der Waals surface area contributed by atoms with E-state index in [4.69, 9.17) is 0 Å². The summed E-state index contributed by atoms with van der Waals surface area (Å²) in [6.45, 7) is 0. The molecule has 1 nitrogen and oxygen atoms in total. The van der Waals surface area contributed by atoms with Gasteiger partial charge in [0.2, 0.25) is 0 Å². The fourth-order valence-corrected chi connectivity index (χ4v) is 1.74. The van der Waals surface area contributed by atoms with Crippen LogP contribution in [0.25, 0.3) is 0 Å². The minimum absolute atomic E-state index is 0.277. The van der Waals surface area contributed by atoms with Gasteiger partial charge in [-0.05, 0) is 30.3 Å². The smallest absolute Gasteiger partial charge is 0.289 e. The van der Waals surface area contributed by atoms with Gasteiger partial charge in [-0.15, -0.1) is 0 Å². The fourth-order valence-electron chi connectivity index (χ4n) is 1.74. The van der Waals surface area contributed by atoms with Gasteiger partial charge in [-0.2, -0.15) is 13.2 Å². The first-order valence-electron chi connectivity index (χ1n) is 5.46. The Morgan fingerprint density at radius 2 is 1.55 bits per heavy atom. The molecule has 0 aliphatic rings. The van der Waals surface area contributed by atoms with Crippen molar-refractivity contribution in [2.45, 2.75) is 6.18 Å². The van der Waals surface area contributed by atoms with E-state index in [9.17, 15) is 26.7 Å². The molecule has 0 amide bonds. The van der Waals surface area contributed by atoms with E-state index >= 15 is 0 Å². The zero-order valence-electron chi connectivity index (χ0n) is 9.84. The molecule has 0 N–H and O–H groups in total. The number of hydrogen-bond acceptors (Lipinski definition) is 1. The van der Waals surface area contributed by atoms with Crippen molar-refractivity contribution in [3.05, 3.63) is 70.8 Å². The van der Waals surface area contributed by atoms with E-state index in [2.05, 4.69) is 0 Å². The normalized spacial score (nSPS) is 11.4. The van der Waals surface area contributed by atoms with Gasteiger partial charge in [-0.3, -0.25) is 4.79 Å². The largest absolute Gasteiger partial charge is 0.417 e. The Morgan fingerprint density at radius 1 is 0.900 bits per heavy atom. The summed E-state index contributed by atoms with van der Waals surface area (Å²) in [6.07, 6.45) is -4.80. The van der Waals surface area contributed by atoms with Gasteiger partial charge in [-0.1, -0.05) is 12.1 Å². The summed E-state index contributed by atoms with van der Waals surface area (Å²) >= 11 is 0. The van der Waals surface area contributed by atoms with Gasteiger partial charge < -0.3 is 0 Å². The zero-order valence-corrected chi connectivity index (χ0v) is 9.84. The first-order valence-corrected chi connectivity index (χ1v) is 5.46. The van der Waals surface area contributed by atoms with Gasteiger partial charge in [-0.25, -0.2) is 8.78 Å². The van der Waals surface area contributed by atoms with E-state index in [0.717, 1.165) is 18.2 Å². The van der Waals surface area contributed by atoms with E-state index in [1.807, 2.05) is 0 Å². The molecule has 20 heavy (non-hydrogen) atoms. The molecule has 0 bridgehead atoms. The van der Waals surface area contributed by atoms with Crippen LogP contribution in [-0.2, 0) is 6.18 Å². The van der Waals surface area contributed by atoms with Crippen molar-refractivity contribution in [3.8, 4) is 0 Å². The second-order valence-corrected chi connectivity index (χ2v) is 4.03. The number of halogens is 5. The highest BCUT2D eigenvalue weighted by molar-refractivity contribution is 6.10. The van der Waals surface area contributed by atoms with Crippen molar-refractivity contribution in [2.75, 3.05) is 0 Å². The molecular formula is C14H7F5O. The molecule has 0 atom stereocenters. The predicted molar refractivity (Wildman–Crippen MR) is 61.2 cm³/mol. The second-order valence-electron chi connectivity index (χ2n) is 4.03. The zero-order chi connectivity index (χ0) is 14.9. The maximum atomic E-state index is 13.1. The first kappa shape index (κ1) is 14.2. The molecule has 0 aromatic heterocycles. The molecule has 0 fully saturated rings. The van der Waals surface area contributed by atoms with Crippen molar-refractivity contribution in [1.29, 1.82) is 0 Å². The van der Waals surface area contributed by atoms with Crippen molar-refractivity contribution < 1.29 is 26.7 Å². The third-order valence-corrected chi connectivity index (χ3v) is 2.62. The highest BCUT2D eigenvalue weighted by Gasteiger charge is 2.35. The molecular weight excluding hydrogens is 279 g/mol. The molecule has 0 aliphatic heterocycles. The lowest BCUT2D eigenvalue weighted by atomic mass is 9.98. The molecule has 0 unspecified atom stereocenters. The van der Waals surface area contributed by atoms with Crippen molar-refractivity contribution >= 4 is 5.78 Å². The molecule has 6 heteroatoms. The Kier molecular flexibility index (Phi) is 3.57. The summed E-state index contributed by atoms with van der Waals surface area (Å²) in [4.78, 5) is 12.0. The average molecular weight is 286 g/mol. The summed E-state index contributed by atoms with van der Waals surface area (Å²) in [5.74, 6) is -2.82. The lowest BCUT2D eigenvalue weighted by molar-refractivity contribution is -0.137. The summed E-state index contributed by atoms with van der Waals surface area (Å²) in [5, 5.41) is 0. The monoisotopic (exact) mass is 286 g/mol. The van der Waals surface area contributed by atoms with Crippen LogP contribution in [0.4, 0.5) is 22.0 Å². The van der Waals surface area contributed by atoms with Crippen molar-refractivity contribution in [3.63, 3.8) is 0 Å². The Morgan fingerprint density at radius 3 is 2.15 bits per heavy atom. The van der Waals surface area contributed by atoms with Crippen LogP contribution >= 0.6 is 0 Å². The summed E-state index contributed by atoms with van der Waals surface area (Å²) in [5.41, 5.74) is -2.38. The Hall–Kier alpha value is -2.24. The first-order chi connectivity index (χ1) is 9.29. The van der Waals surface area contributed by atoms with Crippen molar-refractivity contribution in [2.24, 2.45) is 0 Å². The lowest BCUT2D eigenvalue weighted by Crippen LogP contribution is -2.14. The Bertz CT molecular complexity index is 661. The third kappa shape index (κ3) is 2.84. The molecule has 2 rings (SSSR count). The van der Waals surface area contributed by atoms with Crippen LogP contribution in [-0.4, -0.2) is 5.78 Å². The number of benzene rings is 2. The second kappa shape index (κ2) is 5.03. The van der Waals surface area contributed by atoms with Gasteiger partial charge in [0.05, 0.1) is 5.56 Å². The number of ketones is 1. The number of alkyl halides is 3. The quantitative estimate of drug-likeness (QED) is 0.597. The SMILES string of the molecule is O=C(c1cccc(F)c1)c1cc(F)ccc1C(F)(F)F. The molecule has 0 aliphatic carbocycles. The summed E-state index contributed by atoms with van der Waals surface area (Å²) in [6, 6.07) is 5.80. The maximum absolute atomic E-state index is 13.1. The third-order valence-electron chi connectivity index (χ3n) is 2.62. The molecule has 0 radical (unpaired) electrons. The van der Waals surface area contributed by atoms with Crippen LogP contribution in [0, 0.1) is 11.6 Å². The van der Waals surface area contributed by atoms with E-state index < -0.39 is 34.7 Å². The van der Waals surface area contributed by atoms with Gasteiger partial charge in [0, 0.05) is 11.1 Å². The average Bonchev–Trinajstić information content (AvgIpc) is 2.36. The van der Waals surface area contributed by atoms with Crippen LogP contribution in [0.3, 0.4) is 0 Å². The minimum atomic E-state index is -4.80. The molecule has 2 aromatic rings. The lowest BCUT2D eigenvalue weighted by Gasteiger charge is -2.12. The van der Waals surface area contributed by atoms with Gasteiger partial charge >= 0.3 is 6.18 Å². The molecule has 0 saturated carbocycles. The molecule has 0 heterocycles. The Balaban J connectivity index is 2.57. The number of rotatable bonds is 2.